The zero-order valence-electron chi connectivity index (χ0n) is 10.3. The smallest absolute Gasteiger partial charge is 0.275 e. The highest BCUT2D eigenvalue weighted by Crippen LogP contribution is 2.34. The van der Waals surface area contributed by atoms with Gasteiger partial charge in [-0.2, -0.15) is 5.10 Å². The maximum absolute atomic E-state index is 11.9. The number of hydrogen-bond acceptors (Lipinski definition) is 3. The lowest BCUT2D eigenvalue weighted by Gasteiger charge is -2.19. The van der Waals surface area contributed by atoms with Crippen molar-refractivity contribution in [3.05, 3.63) is 47.2 Å². The third-order valence-corrected chi connectivity index (χ3v) is 3.45. The Hall–Kier alpha value is -2.07. The van der Waals surface area contributed by atoms with Gasteiger partial charge in [-0.3, -0.25) is 4.79 Å². The van der Waals surface area contributed by atoms with E-state index < -0.39 is 0 Å². The molecule has 0 saturated carbocycles. The number of hydrogen-bond donors (Lipinski definition) is 2. The van der Waals surface area contributed by atoms with Crippen LogP contribution in [-0.4, -0.2) is 11.6 Å². The minimum atomic E-state index is -0.195. The lowest BCUT2D eigenvalue weighted by Crippen LogP contribution is -2.19. The van der Waals surface area contributed by atoms with Crippen molar-refractivity contribution in [2.45, 2.75) is 13.3 Å². The summed E-state index contributed by atoms with van der Waals surface area (Å²) in [6.07, 6.45) is 2.46. The zero-order chi connectivity index (χ0) is 13.4. The van der Waals surface area contributed by atoms with Gasteiger partial charge in [0.2, 0.25) is 0 Å². The van der Waals surface area contributed by atoms with Crippen LogP contribution in [0.25, 0.3) is 5.03 Å². The highest BCUT2D eigenvalue weighted by Gasteiger charge is 2.26. The summed E-state index contributed by atoms with van der Waals surface area (Å²) in [5.74, 6) is -0.195. The second-order valence-corrected chi connectivity index (χ2v) is 4.71. The van der Waals surface area contributed by atoms with Crippen molar-refractivity contribution < 1.29 is 4.79 Å². The third-order valence-electron chi connectivity index (χ3n) is 3.14. The van der Waals surface area contributed by atoms with Gasteiger partial charge in [0.15, 0.2) is 0 Å². The molecule has 0 spiro atoms. The molecule has 0 bridgehead atoms. The molecule has 3 rings (SSSR count). The normalized spacial score (nSPS) is 21.3. The number of nitrogens with zero attached hydrogens (tertiary/aromatic N) is 1. The molecule has 96 valence electrons. The molecule has 2 aliphatic rings. The van der Waals surface area contributed by atoms with Gasteiger partial charge in [0.1, 0.15) is 0 Å². The molecule has 19 heavy (non-hydrogen) atoms. The van der Waals surface area contributed by atoms with E-state index in [9.17, 15) is 4.79 Å². The van der Waals surface area contributed by atoms with E-state index in [0.717, 1.165) is 17.0 Å². The minimum Gasteiger partial charge on any atom is -0.354 e. The molecule has 1 aromatic carbocycles. The van der Waals surface area contributed by atoms with E-state index in [-0.39, 0.29) is 5.91 Å². The van der Waals surface area contributed by atoms with Crippen LogP contribution in [0.4, 0.5) is 5.69 Å². The summed E-state index contributed by atoms with van der Waals surface area (Å²) < 4.78 is 0. The molecule has 1 aromatic rings. The highest BCUT2D eigenvalue weighted by atomic mass is 35.5. The van der Waals surface area contributed by atoms with Crippen molar-refractivity contribution >= 4 is 33.9 Å². The van der Waals surface area contributed by atoms with Crippen LogP contribution in [0.3, 0.4) is 0 Å². The van der Waals surface area contributed by atoms with Crippen LogP contribution in [-0.2, 0) is 4.79 Å². The molecule has 2 N–H and O–H groups in total. The molecule has 1 amide bonds. The van der Waals surface area contributed by atoms with Gasteiger partial charge in [0.25, 0.3) is 5.91 Å². The largest absolute Gasteiger partial charge is 0.354 e. The van der Waals surface area contributed by atoms with Crippen molar-refractivity contribution in [3.63, 3.8) is 0 Å². The Kier molecular flexibility index (Phi) is 2.87. The van der Waals surface area contributed by atoms with E-state index in [1.54, 1.807) is 6.08 Å². The summed E-state index contributed by atoms with van der Waals surface area (Å²) in [6.45, 7) is 1.96. The summed E-state index contributed by atoms with van der Waals surface area (Å²) in [7, 11) is 0. The molecule has 2 aliphatic heterocycles. The molecule has 0 unspecified atom stereocenters. The summed E-state index contributed by atoms with van der Waals surface area (Å²) in [4.78, 5) is 11.9. The Morgan fingerprint density at radius 3 is 2.89 bits per heavy atom. The second kappa shape index (κ2) is 4.55. The summed E-state index contributed by atoms with van der Waals surface area (Å²) in [5.41, 5.74) is 6.32. The number of nitrogens with one attached hydrogen (secondary N) is 2. The van der Waals surface area contributed by atoms with Gasteiger partial charge < -0.3 is 5.32 Å². The number of fused-ring (bicyclic) bond motifs is 1. The number of allylic oxidation sites excluding steroid dienone is 1. The van der Waals surface area contributed by atoms with E-state index >= 15 is 0 Å². The first-order chi connectivity index (χ1) is 9.20. The van der Waals surface area contributed by atoms with Crippen molar-refractivity contribution in [2.24, 2.45) is 5.10 Å². The highest BCUT2D eigenvalue weighted by molar-refractivity contribution is 6.50. The van der Waals surface area contributed by atoms with E-state index in [1.807, 2.05) is 31.2 Å². The number of hydrazone groups is 1. The molecule has 0 fully saturated rings. The molecule has 0 radical (unpaired) electrons. The number of benzene rings is 1. The topological polar surface area (TPSA) is 53.5 Å². The molecule has 2 heterocycles. The third kappa shape index (κ3) is 1.94. The van der Waals surface area contributed by atoms with E-state index in [1.165, 1.54) is 0 Å². The van der Waals surface area contributed by atoms with Gasteiger partial charge in [0, 0.05) is 11.3 Å². The van der Waals surface area contributed by atoms with Crippen molar-refractivity contribution in [1.29, 1.82) is 0 Å². The molecule has 0 atom stereocenters. The minimum absolute atomic E-state index is 0.195. The average Bonchev–Trinajstić information content (AvgIpc) is 2.80. The Labute approximate surface area is 115 Å². The van der Waals surface area contributed by atoms with Crippen LogP contribution in [0.15, 0.2) is 46.7 Å². The molecular formula is C14H12ClN3O. The molecule has 0 aromatic heterocycles. The fourth-order valence-corrected chi connectivity index (χ4v) is 2.49. The van der Waals surface area contributed by atoms with Crippen molar-refractivity contribution in [1.82, 2.24) is 5.43 Å². The van der Waals surface area contributed by atoms with Gasteiger partial charge in [-0.25, -0.2) is 5.43 Å². The van der Waals surface area contributed by atoms with Gasteiger partial charge in [-0.1, -0.05) is 36.7 Å². The van der Waals surface area contributed by atoms with Gasteiger partial charge in [-0.15, -0.1) is 0 Å². The van der Waals surface area contributed by atoms with Crippen LogP contribution in [0.2, 0.25) is 0 Å². The summed E-state index contributed by atoms with van der Waals surface area (Å²) in [5, 5.41) is 7.88. The standard InChI is InChI=1S/C14H12ClN3O/c1-2-10-13(14(19)18-17-10)12-7-9(15)8-5-3-4-6-11(8)16-12/h3-7,16H,2H2,1H3,(H,18,19)/b13-12-. The number of anilines is 1. The van der Waals surface area contributed by atoms with E-state index in [0.29, 0.717) is 22.7 Å². The van der Waals surface area contributed by atoms with Crippen LogP contribution in [0.1, 0.15) is 18.9 Å². The Morgan fingerprint density at radius 1 is 1.32 bits per heavy atom. The molecule has 4 nitrogen and oxygen atoms in total. The number of carbonyl (C=O) groups is 1. The van der Waals surface area contributed by atoms with Crippen molar-refractivity contribution in [2.75, 3.05) is 5.32 Å². The van der Waals surface area contributed by atoms with Crippen LogP contribution in [0.5, 0.6) is 0 Å². The number of rotatable bonds is 1. The fourth-order valence-electron chi connectivity index (χ4n) is 2.22. The molecule has 0 aliphatic carbocycles. The van der Waals surface area contributed by atoms with E-state index in [4.69, 9.17) is 11.6 Å². The first-order valence-electron chi connectivity index (χ1n) is 6.06. The molecule has 5 heteroatoms. The Morgan fingerprint density at radius 2 is 2.11 bits per heavy atom. The van der Waals surface area contributed by atoms with Crippen LogP contribution >= 0.6 is 11.6 Å². The molecule has 0 saturated heterocycles. The van der Waals surface area contributed by atoms with Gasteiger partial charge in [-0.05, 0) is 18.6 Å². The molecular weight excluding hydrogens is 262 g/mol. The zero-order valence-corrected chi connectivity index (χ0v) is 11.1. The maximum Gasteiger partial charge on any atom is 0.275 e. The predicted octanol–water partition coefficient (Wildman–Crippen LogP) is 2.84. The predicted molar refractivity (Wildman–Crippen MR) is 76.8 cm³/mol. The number of carbonyl (C=O) groups excluding carboxylic acids is 1. The van der Waals surface area contributed by atoms with Gasteiger partial charge >= 0.3 is 0 Å². The number of amides is 1. The van der Waals surface area contributed by atoms with Crippen LogP contribution < -0.4 is 10.7 Å². The monoisotopic (exact) mass is 273 g/mol. The fraction of sp³-hybridized carbons (Fsp3) is 0.143. The van der Waals surface area contributed by atoms with E-state index in [2.05, 4.69) is 15.8 Å². The number of para-hydroxylation sites is 1. The summed E-state index contributed by atoms with van der Waals surface area (Å²) >= 11 is 6.27. The lowest BCUT2D eigenvalue weighted by atomic mass is 10.0. The van der Waals surface area contributed by atoms with Gasteiger partial charge in [0.05, 0.1) is 22.0 Å². The summed E-state index contributed by atoms with van der Waals surface area (Å²) in [6, 6.07) is 7.72. The second-order valence-electron chi connectivity index (χ2n) is 4.30. The Bertz CT molecular complexity index is 658. The van der Waals surface area contributed by atoms with Crippen molar-refractivity contribution in [3.8, 4) is 0 Å². The SMILES string of the molecule is CCC1=NNC(=O)/C1=C1/C=C(Cl)c2ccccc2N1. The Balaban J connectivity index is 2.13. The lowest BCUT2D eigenvalue weighted by molar-refractivity contribution is -0.116. The first kappa shape index (κ1) is 12.0. The quantitative estimate of drug-likeness (QED) is 0.773. The van der Waals surface area contributed by atoms with Crippen LogP contribution in [0, 0.1) is 0 Å². The maximum atomic E-state index is 11.9. The number of halogens is 1. The first-order valence-corrected chi connectivity index (χ1v) is 6.43. The average molecular weight is 274 g/mol.